The number of rotatable bonds is 3. The van der Waals surface area contributed by atoms with E-state index in [1.54, 1.807) is 0 Å². The van der Waals surface area contributed by atoms with Gasteiger partial charge in [-0.3, -0.25) is 9.11 Å². The SMILES string of the molecule is O=S(=O)(O)c1ccc2cc(F)ccc2c1-c1c(S(=O)(=O)O)ccc2cc(F)ccc12. The van der Waals surface area contributed by atoms with Crippen LogP contribution in [0.1, 0.15) is 0 Å². The lowest BCUT2D eigenvalue weighted by Crippen LogP contribution is -2.06. The van der Waals surface area contributed by atoms with Crippen LogP contribution >= 0.6 is 0 Å². The topological polar surface area (TPSA) is 109 Å². The molecule has 0 heterocycles. The summed E-state index contributed by atoms with van der Waals surface area (Å²) in [5, 5.41) is 0.650. The van der Waals surface area contributed by atoms with E-state index in [1.807, 2.05) is 0 Å². The van der Waals surface area contributed by atoms with Crippen LogP contribution in [0.15, 0.2) is 70.5 Å². The second-order valence-corrected chi connectivity index (χ2v) is 9.34. The average molecular weight is 450 g/mol. The summed E-state index contributed by atoms with van der Waals surface area (Å²) in [6.07, 6.45) is 0. The Bertz CT molecular complexity index is 1440. The van der Waals surface area contributed by atoms with Gasteiger partial charge in [-0.05, 0) is 57.9 Å². The maximum absolute atomic E-state index is 13.7. The molecule has 0 saturated heterocycles. The van der Waals surface area contributed by atoms with E-state index in [0.717, 1.165) is 36.4 Å². The van der Waals surface area contributed by atoms with Crippen molar-refractivity contribution in [1.29, 1.82) is 0 Å². The minimum atomic E-state index is -4.87. The minimum Gasteiger partial charge on any atom is -0.282 e. The molecule has 4 aromatic carbocycles. The van der Waals surface area contributed by atoms with Crippen molar-refractivity contribution in [2.45, 2.75) is 9.79 Å². The Kier molecular flexibility index (Phi) is 4.62. The molecule has 6 nitrogen and oxygen atoms in total. The zero-order chi connectivity index (χ0) is 21.8. The van der Waals surface area contributed by atoms with Gasteiger partial charge in [-0.2, -0.15) is 16.8 Å². The first-order chi connectivity index (χ1) is 14.0. The van der Waals surface area contributed by atoms with Crippen LogP contribution in [0.25, 0.3) is 32.7 Å². The van der Waals surface area contributed by atoms with Crippen molar-refractivity contribution in [1.82, 2.24) is 0 Å². The highest BCUT2D eigenvalue weighted by Crippen LogP contribution is 2.42. The van der Waals surface area contributed by atoms with E-state index < -0.39 is 41.7 Å². The Morgan fingerprint density at radius 3 is 1.27 bits per heavy atom. The quantitative estimate of drug-likeness (QED) is 0.447. The Hall–Kier alpha value is -2.92. The van der Waals surface area contributed by atoms with Crippen LogP contribution in [0.2, 0.25) is 0 Å². The van der Waals surface area contributed by atoms with Crippen LogP contribution in [-0.4, -0.2) is 25.9 Å². The first-order valence-electron chi connectivity index (χ1n) is 8.37. The van der Waals surface area contributed by atoms with E-state index >= 15 is 0 Å². The Morgan fingerprint density at radius 2 is 0.933 bits per heavy atom. The summed E-state index contributed by atoms with van der Waals surface area (Å²) in [4.78, 5) is -1.30. The molecule has 0 fully saturated rings. The highest BCUT2D eigenvalue weighted by molar-refractivity contribution is 7.86. The highest BCUT2D eigenvalue weighted by Gasteiger charge is 2.27. The van der Waals surface area contributed by atoms with Gasteiger partial charge in [0.15, 0.2) is 0 Å². The van der Waals surface area contributed by atoms with E-state index in [1.165, 1.54) is 24.3 Å². The maximum Gasteiger partial charge on any atom is 0.295 e. The molecule has 0 aliphatic carbocycles. The largest absolute Gasteiger partial charge is 0.295 e. The summed E-state index contributed by atoms with van der Waals surface area (Å²) in [7, 11) is -9.73. The van der Waals surface area contributed by atoms with Crippen molar-refractivity contribution < 1.29 is 34.7 Å². The van der Waals surface area contributed by atoms with E-state index in [0.29, 0.717) is 0 Å². The zero-order valence-electron chi connectivity index (χ0n) is 14.9. The first kappa shape index (κ1) is 20.4. The molecule has 2 N–H and O–H groups in total. The molecule has 4 aromatic rings. The van der Waals surface area contributed by atoms with Crippen LogP contribution in [0.4, 0.5) is 8.78 Å². The van der Waals surface area contributed by atoms with Crippen molar-refractivity contribution in [3.8, 4) is 11.1 Å². The Morgan fingerprint density at radius 1 is 0.567 bits per heavy atom. The lowest BCUT2D eigenvalue weighted by atomic mass is 9.93. The van der Waals surface area contributed by atoms with Crippen LogP contribution in [0, 0.1) is 11.6 Å². The van der Waals surface area contributed by atoms with Crippen molar-refractivity contribution in [3.63, 3.8) is 0 Å². The molecule has 0 spiro atoms. The molecule has 0 radical (unpaired) electrons. The fourth-order valence-corrected chi connectivity index (χ4v) is 4.93. The molecular formula is C20H12F2O6S2. The minimum absolute atomic E-state index is 0.105. The van der Waals surface area contributed by atoms with E-state index in [2.05, 4.69) is 0 Å². The van der Waals surface area contributed by atoms with Crippen molar-refractivity contribution >= 4 is 41.8 Å². The van der Waals surface area contributed by atoms with Crippen molar-refractivity contribution in [2.75, 3.05) is 0 Å². The molecule has 0 unspecified atom stereocenters. The monoisotopic (exact) mass is 450 g/mol. The second kappa shape index (κ2) is 6.81. The molecule has 0 amide bonds. The van der Waals surface area contributed by atoms with Gasteiger partial charge in [0.05, 0.1) is 0 Å². The number of benzene rings is 4. The van der Waals surface area contributed by atoms with Gasteiger partial charge in [-0.1, -0.05) is 24.3 Å². The Balaban J connectivity index is 2.33. The molecule has 0 aromatic heterocycles. The Labute approximate surface area is 169 Å². The predicted molar refractivity (Wildman–Crippen MR) is 106 cm³/mol. The van der Waals surface area contributed by atoms with Crippen LogP contribution in [0.5, 0.6) is 0 Å². The molecule has 0 bridgehead atoms. The molecule has 30 heavy (non-hydrogen) atoms. The molecule has 10 heteroatoms. The summed E-state index contributed by atoms with van der Waals surface area (Å²) in [6, 6.07) is 11.2. The van der Waals surface area contributed by atoms with Gasteiger partial charge in [-0.25, -0.2) is 8.78 Å². The summed E-state index contributed by atoms with van der Waals surface area (Å²) in [5.41, 5.74) is -0.528. The summed E-state index contributed by atoms with van der Waals surface area (Å²) < 4.78 is 95.4. The number of fused-ring (bicyclic) bond motifs is 2. The lowest BCUT2D eigenvalue weighted by Gasteiger charge is -2.17. The van der Waals surface area contributed by atoms with E-state index in [9.17, 15) is 34.7 Å². The number of hydrogen-bond donors (Lipinski definition) is 2. The average Bonchev–Trinajstić information content (AvgIpc) is 2.64. The molecule has 0 atom stereocenters. The second-order valence-electron chi connectivity index (χ2n) is 6.56. The highest BCUT2D eigenvalue weighted by atomic mass is 32.2. The third kappa shape index (κ3) is 3.43. The normalized spacial score (nSPS) is 12.5. The summed E-state index contributed by atoms with van der Waals surface area (Å²) in [6.45, 7) is 0. The van der Waals surface area contributed by atoms with E-state index in [-0.39, 0.29) is 32.7 Å². The number of hydrogen-bond acceptors (Lipinski definition) is 4. The third-order valence-corrected chi connectivity index (χ3v) is 6.49. The van der Waals surface area contributed by atoms with Crippen LogP contribution in [0.3, 0.4) is 0 Å². The molecule has 0 saturated carbocycles. The summed E-state index contributed by atoms with van der Waals surface area (Å²) in [5.74, 6) is -1.24. The standard InChI is InChI=1S/C20H12F2O6S2/c21-13-3-5-15-11(9-13)1-7-17(29(23,24)25)19(15)20-16-6-4-14(22)10-12(16)2-8-18(20)30(26,27)28/h1-10H,(H,23,24,25)(H,26,27,28). The number of halogens is 2. The van der Waals surface area contributed by atoms with Gasteiger partial charge in [0.25, 0.3) is 20.2 Å². The van der Waals surface area contributed by atoms with Gasteiger partial charge in [0.1, 0.15) is 21.4 Å². The third-order valence-electron chi connectivity index (χ3n) is 4.69. The smallest absolute Gasteiger partial charge is 0.282 e. The predicted octanol–water partition coefficient (Wildman–Crippen LogP) is 4.43. The fourth-order valence-electron chi connectivity index (χ4n) is 3.51. The molecular weight excluding hydrogens is 438 g/mol. The lowest BCUT2D eigenvalue weighted by molar-refractivity contribution is 0.480. The molecule has 4 rings (SSSR count). The molecule has 0 aliphatic rings. The van der Waals surface area contributed by atoms with Gasteiger partial charge < -0.3 is 0 Å². The van der Waals surface area contributed by atoms with E-state index in [4.69, 9.17) is 0 Å². The van der Waals surface area contributed by atoms with Crippen LogP contribution in [-0.2, 0) is 20.2 Å². The van der Waals surface area contributed by atoms with Gasteiger partial charge in [0, 0.05) is 11.1 Å². The first-order valence-corrected chi connectivity index (χ1v) is 11.2. The van der Waals surface area contributed by atoms with Crippen molar-refractivity contribution in [2.24, 2.45) is 0 Å². The van der Waals surface area contributed by atoms with Gasteiger partial charge in [0.2, 0.25) is 0 Å². The van der Waals surface area contributed by atoms with Gasteiger partial charge >= 0.3 is 0 Å². The van der Waals surface area contributed by atoms with Crippen molar-refractivity contribution in [3.05, 3.63) is 72.3 Å². The van der Waals surface area contributed by atoms with Gasteiger partial charge in [-0.15, -0.1) is 0 Å². The molecule has 0 aliphatic heterocycles. The maximum atomic E-state index is 13.7. The molecule has 154 valence electrons. The zero-order valence-corrected chi connectivity index (χ0v) is 16.5. The summed E-state index contributed by atoms with van der Waals surface area (Å²) >= 11 is 0. The van der Waals surface area contributed by atoms with Crippen LogP contribution < -0.4 is 0 Å². The fraction of sp³-hybridized carbons (Fsp3) is 0.